The van der Waals surface area contributed by atoms with Crippen LogP contribution in [0.1, 0.15) is 34.1 Å². The van der Waals surface area contributed by atoms with Crippen molar-refractivity contribution in [3.63, 3.8) is 0 Å². The average molecular weight is 351 g/mol. The number of ether oxygens (including phenoxy) is 2. The van der Waals surface area contributed by atoms with Gasteiger partial charge >= 0.3 is 6.09 Å². The number of nitrogens with two attached hydrogens (primary N) is 1. The van der Waals surface area contributed by atoms with Gasteiger partial charge in [-0.2, -0.15) is 0 Å². The maximum atomic E-state index is 12.3. The second-order valence-electron chi connectivity index (χ2n) is 6.86. The lowest BCUT2D eigenvalue weighted by atomic mass is 10.1. The molecule has 0 aromatic rings. The molecule has 1 aliphatic rings. The number of nitrogens with one attached hydrogen (secondary N) is 1. The third-order valence-electron chi connectivity index (χ3n) is 3.36. The summed E-state index contributed by atoms with van der Waals surface area (Å²) in [5, 5.41) is 8.07. The van der Waals surface area contributed by atoms with Gasteiger partial charge in [-0.15, -0.1) is 0 Å². The minimum Gasteiger partial charge on any atom is -0.444 e. The molecule has 1 saturated heterocycles. The van der Waals surface area contributed by atoms with E-state index in [0.29, 0.717) is 26.2 Å². The largest absolute Gasteiger partial charge is 0.444 e. The predicted molar refractivity (Wildman–Crippen MR) is 87.6 cm³/mol. The van der Waals surface area contributed by atoms with Gasteiger partial charge in [0.15, 0.2) is 0 Å². The molecule has 0 saturated carbocycles. The summed E-state index contributed by atoms with van der Waals surface area (Å²) in [5.41, 5.74) is -0.542. The van der Waals surface area contributed by atoms with E-state index in [1.54, 1.807) is 4.90 Å². The van der Waals surface area contributed by atoms with Crippen LogP contribution in [0, 0.1) is 0 Å². The van der Waals surface area contributed by atoms with E-state index in [2.05, 4.69) is 5.32 Å². The first-order valence-electron chi connectivity index (χ1n) is 7.79. The molecular formula is C14H29N3O5S. The molecule has 0 spiro atoms. The zero-order valence-electron chi connectivity index (χ0n) is 14.4. The van der Waals surface area contributed by atoms with Crippen LogP contribution in [-0.2, 0) is 19.5 Å². The number of nitrogens with zero attached hydrogens (tertiary/aromatic N) is 1. The Kier molecular flexibility index (Phi) is 7.25. The summed E-state index contributed by atoms with van der Waals surface area (Å²) in [6.07, 6.45) is 0.298. The summed E-state index contributed by atoms with van der Waals surface area (Å²) in [5.74, 6) is -0.117. The number of hydrogen-bond donors (Lipinski definition) is 2. The highest BCUT2D eigenvalue weighted by Crippen LogP contribution is 2.17. The SMILES string of the molecule is CC(CC1COCCN1C(=O)OC(C)(C)C)NCCS(N)(=O)=O. The second-order valence-corrected chi connectivity index (χ2v) is 8.59. The van der Waals surface area contributed by atoms with Crippen LogP contribution in [0.4, 0.5) is 4.79 Å². The van der Waals surface area contributed by atoms with Crippen molar-refractivity contribution >= 4 is 16.1 Å². The summed E-state index contributed by atoms with van der Waals surface area (Å²) in [7, 11) is -3.47. The molecule has 0 aliphatic carbocycles. The highest BCUT2D eigenvalue weighted by molar-refractivity contribution is 7.89. The normalized spacial score (nSPS) is 21.1. The van der Waals surface area contributed by atoms with Crippen LogP contribution in [-0.4, -0.2) is 69.2 Å². The molecule has 1 heterocycles. The molecule has 1 amide bonds. The van der Waals surface area contributed by atoms with E-state index in [9.17, 15) is 13.2 Å². The molecule has 0 radical (unpaired) electrons. The van der Waals surface area contributed by atoms with Crippen molar-refractivity contribution in [3.8, 4) is 0 Å². The maximum Gasteiger partial charge on any atom is 0.410 e. The number of morpholine rings is 1. The molecule has 9 heteroatoms. The van der Waals surface area contributed by atoms with Crippen LogP contribution < -0.4 is 10.5 Å². The van der Waals surface area contributed by atoms with Crippen LogP contribution in [0.2, 0.25) is 0 Å². The number of carbonyl (C=O) groups excluding carboxylic acids is 1. The molecule has 1 rings (SSSR count). The predicted octanol–water partition coefficient (Wildman–Crippen LogP) is 0.279. The molecule has 8 nitrogen and oxygen atoms in total. The smallest absolute Gasteiger partial charge is 0.410 e. The summed E-state index contributed by atoms with van der Waals surface area (Å²) in [6.45, 7) is 9.13. The summed E-state index contributed by atoms with van der Waals surface area (Å²) >= 11 is 0. The van der Waals surface area contributed by atoms with Crippen LogP contribution in [0.25, 0.3) is 0 Å². The van der Waals surface area contributed by atoms with Crippen molar-refractivity contribution in [3.05, 3.63) is 0 Å². The van der Waals surface area contributed by atoms with E-state index in [1.165, 1.54) is 0 Å². The zero-order valence-corrected chi connectivity index (χ0v) is 15.2. The van der Waals surface area contributed by atoms with Crippen molar-refractivity contribution in [2.24, 2.45) is 5.14 Å². The van der Waals surface area contributed by atoms with Crippen LogP contribution in [0.3, 0.4) is 0 Å². The van der Waals surface area contributed by atoms with Gasteiger partial charge in [0.25, 0.3) is 0 Å². The van der Waals surface area contributed by atoms with Gasteiger partial charge in [-0.1, -0.05) is 0 Å². The number of amides is 1. The molecule has 2 unspecified atom stereocenters. The molecular weight excluding hydrogens is 322 g/mol. The molecule has 1 fully saturated rings. The number of carbonyl (C=O) groups is 1. The van der Waals surface area contributed by atoms with Crippen molar-refractivity contribution in [2.75, 3.05) is 32.1 Å². The van der Waals surface area contributed by atoms with Gasteiger partial charge in [-0.05, 0) is 34.1 Å². The van der Waals surface area contributed by atoms with Crippen molar-refractivity contribution in [1.82, 2.24) is 10.2 Å². The fourth-order valence-corrected chi connectivity index (χ4v) is 2.75. The van der Waals surface area contributed by atoms with Gasteiger partial charge in [0, 0.05) is 19.1 Å². The fraction of sp³-hybridized carbons (Fsp3) is 0.929. The van der Waals surface area contributed by atoms with Crippen molar-refractivity contribution < 1.29 is 22.7 Å². The Morgan fingerprint density at radius 3 is 2.70 bits per heavy atom. The zero-order chi connectivity index (χ0) is 17.7. The Labute approximate surface area is 138 Å². The molecule has 0 aromatic carbocycles. The lowest BCUT2D eigenvalue weighted by Crippen LogP contribution is -2.52. The highest BCUT2D eigenvalue weighted by Gasteiger charge is 2.31. The van der Waals surface area contributed by atoms with Crippen LogP contribution in [0.5, 0.6) is 0 Å². The molecule has 2 atom stereocenters. The molecule has 0 bridgehead atoms. The van der Waals surface area contributed by atoms with E-state index < -0.39 is 15.6 Å². The van der Waals surface area contributed by atoms with Gasteiger partial charge in [-0.25, -0.2) is 18.4 Å². The van der Waals surface area contributed by atoms with E-state index in [0.717, 1.165) is 0 Å². The van der Waals surface area contributed by atoms with E-state index in [1.807, 2.05) is 27.7 Å². The van der Waals surface area contributed by atoms with Crippen molar-refractivity contribution in [2.45, 2.75) is 51.8 Å². The lowest BCUT2D eigenvalue weighted by molar-refractivity contribution is -0.0355. The lowest BCUT2D eigenvalue weighted by Gasteiger charge is -2.37. The van der Waals surface area contributed by atoms with Crippen LogP contribution >= 0.6 is 0 Å². The monoisotopic (exact) mass is 351 g/mol. The topological polar surface area (TPSA) is 111 Å². The highest BCUT2D eigenvalue weighted by atomic mass is 32.2. The first-order chi connectivity index (χ1) is 10.5. The number of rotatable bonds is 6. The van der Waals surface area contributed by atoms with E-state index in [4.69, 9.17) is 14.6 Å². The first kappa shape index (κ1) is 20.1. The Hall–Kier alpha value is -0.900. The summed E-state index contributed by atoms with van der Waals surface area (Å²) < 4.78 is 32.7. The Bertz CT molecular complexity index is 489. The molecule has 1 aliphatic heterocycles. The van der Waals surface area contributed by atoms with E-state index in [-0.39, 0.29) is 30.5 Å². The van der Waals surface area contributed by atoms with Gasteiger partial charge < -0.3 is 19.7 Å². The molecule has 0 aromatic heterocycles. The van der Waals surface area contributed by atoms with Crippen LogP contribution in [0.15, 0.2) is 0 Å². The van der Waals surface area contributed by atoms with E-state index >= 15 is 0 Å². The van der Waals surface area contributed by atoms with Gasteiger partial charge in [0.1, 0.15) is 5.60 Å². The molecule has 23 heavy (non-hydrogen) atoms. The standard InChI is InChI=1S/C14H29N3O5S/c1-11(16-5-8-23(15,19)20)9-12-10-21-7-6-17(12)13(18)22-14(2,3)4/h11-12,16H,5-10H2,1-4H3,(H2,15,19,20). The average Bonchev–Trinajstić information content (AvgIpc) is 2.35. The van der Waals surface area contributed by atoms with Gasteiger partial charge in [0.05, 0.1) is 25.0 Å². The Morgan fingerprint density at radius 1 is 1.48 bits per heavy atom. The first-order valence-corrected chi connectivity index (χ1v) is 9.51. The molecule has 3 N–H and O–H groups in total. The number of hydrogen-bond acceptors (Lipinski definition) is 6. The van der Waals surface area contributed by atoms with Gasteiger partial charge in [0.2, 0.25) is 10.0 Å². The third-order valence-corrected chi connectivity index (χ3v) is 4.13. The Morgan fingerprint density at radius 2 is 2.13 bits per heavy atom. The Balaban J connectivity index is 2.52. The third kappa shape index (κ3) is 8.50. The molecule has 136 valence electrons. The summed E-state index contributed by atoms with van der Waals surface area (Å²) in [4.78, 5) is 14.0. The summed E-state index contributed by atoms with van der Waals surface area (Å²) in [6, 6.07) is -0.0797. The fourth-order valence-electron chi connectivity index (χ4n) is 2.35. The quantitative estimate of drug-likeness (QED) is 0.711. The minimum absolute atomic E-state index is 0.0217. The maximum absolute atomic E-state index is 12.3. The number of sulfonamides is 1. The van der Waals surface area contributed by atoms with Crippen molar-refractivity contribution in [1.29, 1.82) is 0 Å². The second kappa shape index (κ2) is 8.27. The minimum atomic E-state index is -3.47. The number of primary sulfonamides is 1. The van der Waals surface area contributed by atoms with Gasteiger partial charge in [-0.3, -0.25) is 0 Å².